The van der Waals surface area contributed by atoms with E-state index >= 15 is 0 Å². The first kappa shape index (κ1) is 12.0. The Morgan fingerprint density at radius 2 is 2.24 bits per heavy atom. The summed E-state index contributed by atoms with van der Waals surface area (Å²) in [6, 6.07) is 4.20. The molecule has 0 saturated carbocycles. The van der Waals surface area contributed by atoms with E-state index in [0.717, 1.165) is 0 Å². The summed E-state index contributed by atoms with van der Waals surface area (Å²) in [6.45, 7) is 4.17. The van der Waals surface area contributed by atoms with Crippen molar-refractivity contribution in [3.8, 4) is 0 Å². The topological polar surface area (TPSA) is 64.1 Å². The summed E-state index contributed by atoms with van der Waals surface area (Å²) in [6.07, 6.45) is -0.722. The third-order valence-electron chi connectivity index (χ3n) is 2.89. The van der Waals surface area contributed by atoms with Crippen molar-refractivity contribution in [2.45, 2.75) is 32.5 Å². The minimum atomic E-state index is -0.722. The van der Waals surface area contributed by atoms with Gasteiger partial charge in [0.2, 0.25) is 0 Å². The summed E-state index contributed by atoms with van der Waals surface area (Å²) < 4.78 is 15.4. The fraction of sp³-hybridized carbons (Fsp3) is 0.417. The number of hydrogen-bond acceptors (Lipinski definition) is 3. The number of aliphatic hydroxyl groups excluding tert-OH is 1. The third-order valence-corrected chi connectivity index (χ3v) is 2.89. The van der Waals surface area contributed by atoms with Gasteiger partial charge in [-0.25, -0.2) is 9.37 Å². The molecule has 1 aromatic carbocycles. The SMILES string of the molecule is CCn1c(C(N)C(C)O)nc2c(F)cccc21. The Morgan fingerprint density at radius 3 is 2.82 bits per heavy atom. The van der Waals surface area contributed by atoms with E-state index in [0.29, 0.717) is 23.4 Å². The van der Waals surface area contributed by atoms with Crippen LogP contribution in [0.4, 0.5) is 4.39 Å². The molecule has 2 atom stereocenters. The van der Waals surface area contributed by atoms with Crippen molar-refractivity contribution in [1.82, 2.24) is 9.55 Å². The van der Waals surface area contributed by atoms with Gasteiger partial charge in [0.05, 0.1) is 17.7 Å². The minimum absolute atomic E-state index is 0.306. The van der Waals surface area contributed by atoms with Crippen LogP contribution in [0.5, 0.6) is 0 Å². The second-order valence-electron chi connectivity index (χ2n) is 4.09. The van der Waals surface area contributed by atoms with E-state index < -0.39 is 12.1 Å². The molecule has 2 rings (SSSR count). The van der Waals surface area contributed by atoms with Crippen molar-refractivity contribution in [2.75, 3.05) is 0 Å². The number of nitrogens with two attached hydrogens (primary N) is 1. The molecule has 17 heavy (non-hydrogen) atoms. The number of aryl methyl sites for hydroxylation is 1. The summed E-state index contributed by atoms with van der Waals surface area (Å²) >= 11 is 0. The molecular formula is C12H16FN3O. The van der Waals surface area contributed by atoms with Crippen LogP contribution in [-0.4, -0.2) is 20.8 Å². The van der Waals surface area contributed by atoms with Crippen LogP contribution >= 0.6 is 0 Å². The largest absolute Gasteiger partial charge is 0.391 e. The highest BCUT2D eigenvalue weighted by atomic mass is 19.1. The molecule has 1 heterocycles. The Labute approximate surface area is 98.9 Å². The third kappa shape index (κ3) is 1.92. The zero-order valence-corrected chi connectivity index (χ0v) is 9.89. The number of hydrogen-bond donors (Lipinski definition) is 2. The molecule has 0 aliphatic heterocycles. The zero-order chi connectivity index (χ0) is 12.6. The lowest BCUT2D eigenvalue weighted by Crippen LogP contribution is -2.26. The molecule has 5 heteroatoms. The van der Waals surface area contributed by atoms with Crippen LogP contribution in [0.25, 0.3) is 11.0 Å². The fourth-order valence-corrected chi connectivity index (χ4v) is 1.93. The van der Waals surface area contributed by atoms with E-state index in [1.165, 1.54) is 6.07 Å². The predicted molar refractivity (Wildman–Crippen MR) is 64.0 cm³/mol. The van der Waals surface area contributed by atoms with E-state index in [4.69, 9.17) is 5.73 Å². The first-order valence-electron chi connectivity index (χ1n) is 5.64. The van der Waals surface area contributed by atoms with Crippen LogP contribution in [0.2, 0.25) is 0 Å². The van der Waals surface area contributed by atoms with Crippen LogP contribution in [0.15, 0.2) is 18.2 Å². The summed E-state index contributed by atoms with van der Waals surface area (Å²) in [5, 5.41) is 9.52. The quantitative estimate of drug-likeness (QED) is 0.851. The van der Waals surface area contributed by atoms with Crippen LogP contribution in [0.1, 0.15) is 25.7 Å². The highest BCUT2D eigenvalue weighted by Crippen LogP contribution is 2.23. The Morgan fingerprint density at radius 1 is 1.53 bits per heavy atom. The number of fused-ring (bicyclic) bond motifs is 1. The summed E-state index contributed by atoms with van der Waals surface area (Å²) in [5.74, 6) is 0.149. The molecule has 1 aromatic heterocycles. The van der Waals surface area contributed by atoms with Crippen molar-refractivity contribution in [2.24, 2.45) is 5.73 Å². The fourth-order valence-electron chi connectivity index (χ4n) is 1.93. The van der Waals surface area contributed by atoms with Crippen molar-refractivity contribution in [1.29, 1.82) is 0 Å². The second-order valence-corrected chi connectivity index (χ2v) is 4.09. The standard InChI is InChI=1S/C12H16FN3O/c1-3-16-9-6-4-5-8(13)11(9)15-12(16)10(14)7(2)17/h4-7,10,17H,3,14H2,1-2H3. The van der Waals surface area contributed by atoms with E-state index in [1.807, 2.05) is 11.5 Å². The van der Waals surface area contributed by atoms with Gasteiger partial charge in [-0.2, -0.15) is 0 Å². The van der Waals surface area contributed by atoms with Gasteiger partial charge in [0.25, 0.3) is 0 Å². The summed E-state index contributed by atoms with van der Waals surface area (Å²) in [7, 11) is 0. The number of nitrogens with zero attached hydrogens (tertiary/aromatic N) is 2. The number of para-hydroxylation sites is 1. The average Bonchev–Trinajstić information content (AvgIpc) is 2.67. The van der Waals surface area contributed by atoms with Gasteiger partial charge in [0.1, 0.15) is 11.3 Å². The van der Waals surface area contributed by atoms with Crippen LogP contribution in [0.3, 0.4) is 0 Å². The molecule has 4 nitrogen and oxygen atoms in total. The molecule has 0 bridgehead atoms. The van der Waals surface area contributed by atoms with E-state index in [1.54, 1.807) is 19.1 Å². The highest BCUT2D eigenvalue weighted by molar-refractivity contribution is 5.76. The first-order valence-corrected chi connectivity index (χ1v) is 5.64. The first-order chi connectivity index (χ1) is 8.06. The van der Waals surface area contributed by atoms with Gasteiger partial charge >= 0.3 is 0 Å². The average molecular weight is 237 g/mol. The van der Waals surface area contributed by atoms with E-state index in [2.05, 4.69) is 4.98 Å². The number of rotatable bonds is 3. The number of aromatic nitrogens is 2. The highest BCUT2D eigenvalue weighted by Gasteiger charge is 2.21. The smallest absolute Gasteiger partial charge is 0.151 e. The van der Waals surface area contributed by atoms with E-state index in [-0.39, 0.29) is 5.82 Å². The molecule has 0 aliphatic carbocycles. The van der Waals surface area contributed by atoms with Gasteiger partial charge in [0.15, 0.2) is 5.82 Å². The Kier molecular flexibility index (Phi) is 3.13. The second kappa shape index (κ2) is 4.43. The van der Waals surface area contributed by atoms with Gasteiger partial charge in [-0.05, 0) is 26.0 Å². The summed E-state index contributed by atoms with van der Waals surface area (Å²) in [5.41, 5.74) is 6.89. The number of aliphatic hydroxyl groups is 1. The molecule has 3 N–H and O–H groups in total. The zero-order valence-electron chi connectivity index (χ0n) is 9.89. The number of imidazole rings is 1. The molecule has 0 saturated heterocycles. The number of benzene rings is 1. The molecule has 2 unspecified atom stereocenters. The van der Waals surface area contributed by atoms with Crippen LogP contribution in [0, 0.1) is 5.82 Å². The lowest BCUT2D eigenvalue weighted by molar-refractivity contribution is 0.159. The Bertz CT molecular complexity index is 536. The minimum Gasteiger partial charge on any atom is -0.391 e. The van der Waals surface area contributed by atoms with Crippen LogP contribution < -0.4 is 5.73 Å². The molecule has 92 valence electrons. The lowest BCUT2D eigenvalue weighted by atomic mass is 10.2. The van der Waals surface area contributed by atoms with Gasteiger partial charge in [-0.15, -0.1) is 0 Å². The molecule has 0 spiro atoms. The summed E-state index contributed by atoms with van der Waals surface area (Å²) in [4.78, 5) is 4.21. The van der Waals surface area contributed by atoms with Gasteiger partial charge in [-0.1, -0.05) is 6.07 Å². The maximum absolute atomic E-state index is 13.6. The molecule has 0 amide bonds. The maximum atomic E-state index is 13.6. The molecule has 2 aromatic rings. The van der Waals surface area contributed by atoms with Crippen molar-refractivity contribution in [3.05, 3.63) is 29.8 Å². The molecule has 0 fully saturated rings. The van der Waals surface area contributed by atoms with Gasteiger partial charge < -0.3 is 15.4 Å². The molecular weight excluding hydrogens is 221 g/mol. The van der Waals surface area contributed by atoms with Crippen molar-refractivity contribution in [3.63, 3.8) is 0 Å². The van der Waals surface area contributed by atoms with E-state index in [9.17, 15) is 9.50 Å². The van der Waals surface area contributed by atoms with Gasteiger partial charge in [-0.3, -0.25) is 0 Å². The van der Waals surface area contributed by atoms with Crippen LogP contribution in [-0.2, 0) is 6.54 Å². The van der Waals surface area contributed by atoms with Crippen molar-refractivity contribution < 1.29 is 9.50 Å². The maximum Gasteiger partial charge on any atom is 0.151 e. The van der Waals surface area contributed by atoms with Crippen molar-refractivity contribution >= 4 is 11.0 Å². The molecule has 0 aliphatic rings. The predicted octanol–water partition coefficient (Wildman–Crippen LogP) is 1.58. The Hall–Kier alpha value is -1.46. The van der Waals surface area contributed by atoms with Gasteiger partial charge in [0, 0.05) is 6.54 Å². The Balaban J connectivity index is 2.68. The molecule has 0 radical (unpaired) electrons. The lowest BCUT2D eigenvalue weighted by Gasteiger charge is -2.15. The number of halogens is 1. The monoisotopic (exact) mass is 237 g/mol. The normalized spacial score (nSPS) is 15.1.